The molecule has 0 aliphatic carbocycles. The van der Waals surface area contributed by atoms with Crippen molar-refractivity contribution in [3.8, 4) is 17.2 Å². The molecule has 0 atom stereocenters. The Morgan fingerprint density at radius 3 is 2.63 bits per heavy atom. The molecule has 3 rings (SSSR count). The zero-order valence-corrected chi connectivity index (χ0v) is 11.1. The number of likely N-dealkylation sites (tertiary alicyclic amines) is 1. The number of ether oxygens (including phenoxy) is 3. The van der Waals surface area contributed by atoms with Gasteiger partial charge in [0.15, 0.2) is 11.5 Å². The lowest BCUT2D eigenvalue weighted by Gasteiger charge is -2.29. The van der Waals surface area contributed by atoms with Crippen LogP contribution in [0.2, 0.25) is 0 Å². The first-order chi connectivity index (χ1) is 9.26. The molecule has 2 aliphatic heterocycles. The fourth-order valence-corrected chi connectivity index (χ4v) is 2.60. The minimum atomic E-state index is -0.144. The third kappa shape index (κ3) is 2.62. The highest BCUT2D eigenvalue weighted by atomic mass is 16.7. The molecule has 0 bridgehead atoms. The predicted octanol–water partition coefficient (Wildman–Crippen LogP) is 1.38. The molecule has 0 amide bonds. The van der Waals surface area contributed by atoms with Crippen LogP contribution in [0.4, 0.5) is 0 Å². The lowest BCUT2D eigenvalue weighted by Crippen LogP contribution is -2.35. The summed E-state index contributed by atoms with van der Waals surface area (Å²) >= 11 is 0. The highest BCUT2D eigenvalue weighted by molar-refractivity contribution is 5.51. The summed E-state index contributed by atoms with van der Waals surface area (Å²) in [5, 5.41) is 9.53. The summed E-state index contributed by atoms with van der Waals surface area (Å²) < 4.78 is 16.2. The van der Waals surface area contributed by atoms with Gasteiger partial charge in [-0.05, 0) is 18.9 Å². The van der Waals surface area contributed by atoms with E-state index < -0.39 is 0 Å². The van der Waals surface area contributed by atoms with Gasteiger partial charge in [0.05, 0.1) is 13.2 Å². The predicted molar refractivity (Wildman–Crippen MR) is 69.6 cm³/mol. The molecule has 5 nitrogen and oxygen atoms in total. The summed E-state index contributed by atoms with van der Waals surface area (Å²) in [6, 6.07) is 3.88. The number of hydrogen-bond donors (Lipinski definition) is 1. The van der Waals surface area contributed by atoms with Gasteiger partial charge in [0.25, 0.3) is 0 Å². The van der Waals surface area contributed by atoms with Crippen molar-refractivity contribution in [3.63, 3.8) is 0 Å². The topological polar surface area (TPSA) is 51.2 Å². The summed E-state index contributed by atoms with van der Waals surface area (Å²) in [7, 11) is 1.67. The molecule has 1 fully saturated rings. The second kappa shape index (κ2) is 5.27. The average Bonchev–Trinajstić information content (AvgIpc) is 2.87. The number of fused-ring (bicyclic) bond motifs is 1. The van der Waals surface area contributed by atoms with Crippen LogP contribution in [0.3, 0.4) is 0 Å². The second-order valence-electron chi connectivity index (χ2n) is 5.02. The minimum Gasteiger partial charge on any atom is -0.496 e. The summed E-state index contributed by atoms with van der Waals surface area (Å²) in [5.74, 6) is 2.36. The maximum atomic E-state index is 9.53. The van der Waals surface area contributed by atoms with Gasteiger partial charge in [-0.15, -0.1) is 0 Å². The number of aliphatic hydroxyl groups is 1. The van der Waals surface area contributed by atoms with Gasteiger partial charge >= 0.3 is 0 Å². The van der Waals surface area contributed by atoms with Crippen LogP contribution >= 0.6 is 0 Å². The maximum absolute atomic E-state index is 9.53. The molecule has 2 heterocycles. The van der Waals surface area contributed by atoms with Crippen LogP contribution in [0.25, 0.3) is 0 Å². The van der Waals surface area contributed by atoms with Crippen LogP contribution in [0.1, 0.15) is 18.4 Å². The first-order valence-corrected chi connectivity index (χ1v) is 6.63. The summed E-state index contributed by atoms with van der Waals surface area (Å²) in [6.45, 7) is 2.92. The van der Waals surface area contributed by atoms with E-state index in [0.29, 0.717) is 0 Å². The molecule has 0 radical (unpaired) electrons. The SMILES string of the molecule is COc1cc2c(cc1CN1CCC(O)CC1)OCO2. The Labute approximate surface area is 112 Å². The number of benzene rings is 1. The highest BCUT2D eigenvalue weighted by Gasteiger charge is 2.21. The van der Waals surface area contributed by atoms with E-state index in [1.807, 2.05) is 12.1 Å². The summed E-state index contributed by atoms with van der Waals surface area (Å²) in [6.07, 6.45) is 1.54. The van der Waals surface area contributed by atoms with E-state index in [1.54, 1.807) is 7.11 Å². The number of aliphatic hydroxyl groups excluding tert-OH is 1. The van der Waals surface area contributed by atoms with Crippen LogP contribution in [-0.4, -0.2) is 43.1 Å². The Hall–Kier alpha value is -1.46. The fourth-order valence-electron chi connectivity index (χ4n) is 2.60. The first-order valence-electron chi connectivity index (χ1n) is 6.63. The number of rotatable bonds is 3. The number of piperidine rings is 1. The molecular formula is C14H19NO4. The zero-order valence-electron chi connectivity index (χ0n) is 11.1. The van der Waals surface area contributed by atoms with E-state index in [1.165, 1.54) is 0 Å². The molecule has 0 spiro atoms. The summed E-state index contributed by atoms with van der Waals surface area (Å²) in [4.78, 5) is 2.33. The number of methoxy groups -OCH3 is 1. The smallest absolute Gasteiger partial charge is 0.231 e. The Balaban J connectivity index is 1.76. The molecule has 5 heteroatoms. The zero-order chi connectivity index (χ0) is 13.2. The van der Waals surface area contributed by atoms with Crippen LogP contribution in [0, 0.1) is 0 Å². The monoisotopic (exact) mass is 265 g/mol. The molecular weight excluding hydrogens is 246 g/mol. The van der Waals surface area contributed by atoms with Gasteiger partial charge in [-0.2, -0.15) is 0 Å². The first kappa shape index (κ1) is 12.6. The third-order valence-electron chi connectivity index (χ3n) is 3.73. The van der Waals surface area contributed by atoms with Crippen molar-refractivity contribution in [2.45, 2.75) is 25.5 Å². The number of hydrogen-bond acceptors (Lipinski definition) is 5. The molecule has 0 aromatic heterocycles. The second-order valence-corrected chi connectivity index (χ2v) is 5.02. The van der Waals surface area contributed by atoms with E-state index >= 15 is 0 Å². The van der Waals surface area contributed by atoms with Gasteiger partial charge in [-0.25, -0.2) is 0 Å². The van der Waals surface area contributed by atoms with Crippen molar-refractivity contribution >= 4 is 0 Å². The Morgan fingerprint density at radius 2 is 1.95 bits per heavy atom. The standard InChI is InChI=1S/C14H19NO4/c1-17-12-7-14-13(18-9-19-14)6-10(12)8-15-4-2-11(16)3-5-15/h6-7,11,16H,2-5,8-9H2,1H3. The van der Waals surface area contributed by atoms with E-state index in [2.05, 4.69) is 4.90 Å². The van der Waals surface area contributed by atoms with Crippen molar-refractivity contribution in [2.75, 3.05) is 27.0 Å². The molecule has 1 aromatic rings. The largest absolute Gasteiger partial charge is 0.496 e. The normalized spacial score (nSPS) is 19.7. The van der Waals surface area contributed by atoms with Crippen LogP contribution in [0.15, 0.2) is 12.1 Å². The van der Waals surface area contributed by atoms with Gasteiger partial charge < -0.3 is 19.3 Å². The average molecular weight is 265 g/mol. The van der Waals surface area contributed by atoms with Crippen molar-refractivity contribution < 1.29 is 19.3 Å². The van der Waals surface area contributed by atoms with E-state index in [0.717, 1.165) is 55.3 Å². The number of nitrogens with zero attached hydrogens (tertiary/aromatic N) is 1. The molecule has 2 aliphatic rings. The molecule has 19 heavy (non-hydrogen) atoms. The molecule has 1 aromatic carbocycles. The van der Waals surface area contributed by atoms with Gasteiger partial charge in [0, 0.05) is 31.3 Å². The lowest BCUT2D eigenvalue weighted by molar-refractivity contribution is 0.0788. The van der Waals surface area contributed by atoms with E-state index in [9.17, 15) is 5.11 Å². The molecule has 104 valence electrons. The van der Waals surface area contributed by atoms with Crippen LogP contribution < -0.4 is 14.2 Å². The van der Waals surface area contributed by atoms with E-state index in [4.69, 9.17) is 14.2 Å². The van der Waals surface area contributed by atoms with Crippen molar-refractivity contribution in [3.05, 3.63) is 17.7 Å². The van der Waals surface area contributed by atoms with Crippen molar-refractivity contribution in [2.24, 2.45) is 0 Å². The molecule has 1 saturated heterocycles. The maximum Gasteiger partial charge on any atom is 0.231 e. The van der Waals surface area contributed by atoms with Crippen molar-refractivity contribution in [1.29, 1.82) is 0 Å². The van der Waals surface area contributed by atoms with Gasteiger partial charge in [0.2, 0.25) is 6.79 Å². The Morgan fingerprint density at radius 1 is 1.26 bits per heavy atom. The molecule has 0 unspecified atom stereocenters. The quantitative estimate of drug-likeness (QED) is 0.895. The molecule has 0 saturated carbocycles. The highest BCUT2D eigenvalue weighted by Crippen LogP contribution is 2.38. The molecule has 1 N–H and O–H groups in total. The minimum absolute atomic E-state index is 0.144. The summed E-state index contributed by atoms with van der Waals surface area (Å²) in [5.41, 5.74) is 1.10. The van der Waals surface area contributed by atoms with E-state index in [-0.39, 0.29) is 12.9 Å². The van der Waals surface area contributed by atoms with Crippen LogP contribution in [0.5, 0.6) is 17.2 Å². The fraction of sp³-hybridized carbons (Fsp3) is 0.571. The lowest BCUT2D eigenvalue weighted by atomic mass is 10.1. The van der Waals surface area contributed by atoms with Gasteiger partial charge in [-0.1, -0.05) is 0 Å². The van der Waals surface area contributed by atoms with Gasteiger partial charge in [-0.3, -0.25) is 4.90 Å². The Bertz CT molecular complexity index is 455. The third-order valence-corrected chi connectivity index (χ3v) is 3.73. The van der Waals surface area contributed by atoms with Gasteiger partial charge in [0.1, 0.15) is 5.75 Å². The van der Waals surface area contributed by atoms with Crippen molar-refractivity contribution in [1.82, 2.24) is 4.90 Å². The van der Waals surface area contributed by atoms with Crippen LogP contribution in [-0.2, 0) is 6.54 Å². The Kier molecular flexibility index (Phi) is 3.48.